The Hall–Kier alpha value is -1.62. The highest BCUT2D eigenvalue weighted by Gasteiger charge is 2.23. The Balaban J connectivity index is 1.80. The van der Waals surface area contributed by atoms with Gasteiger partial charge in [0.1, 0.15) is 23.5 Å². The normalized spacial score (nSPS) is 20.6. The third-order valence-corrected chi connectivity index (χ3v) is 3.85. The van der Waals surface area contributed by atoms with Gasteiger partial charge in [0.25, 0.3) is 0 Å². The molecule has 5 heteroatoms. The van der Waals surface area contributed by atoms with Gasteiger partial charge in [-0.05, 0) is 32.0 Å². The number of aliphatic imine (C=N–C) groups is 1. The van der Waals surface area contributed by atoms with Crippen LogP contribution in [0.5, 0.6) is 5.75 Å². The van der Waals surface area contributed by atoms with E-state index in [1.54, 1.807) is 6.07 Å². The Bertz CT molecular complexity index is 510. The summed E-state index contributed by atoms with van der Waals surface area (Å²) in [5.41, 5.74) is 0.476. The van der Waals surface area contributed by atoms with Crippen LogP contribution in [-0.4, -0.2) is 50.1 Å². The number of rotatable bonds is 3. The standard InChI is InChI=1S/C15H20FN3O/c1-19-9-5-11(6-10-19)20-13-4-2-3-12(16)14(13)15-17-7-8-18-15/h2-4,11H,5-10H2,1H3,(H,17,18). The molecule has 3 rings (SSSR count). The van der Waals surface area contributed by atoms with E-state index in [-0.39, 0.29) is 11.9 Å². The molecule has 20 heavy (non-hydrogen) atoms. The summed E-state index contributed by atoms with van der Waals surface area (Å²) in [6, 6.07) is 4.98. The van der Waals surface area contributed by atoms with E-state index < -0.39 is 0 Å². The Morgan fingerprint density at radius 1 is 1.35 bits per heavy atom. The highest BCUT2D eigenvalue weighted by molar-refractivity contribution is 6.02. The molecule has 0 saturated carbocycles. The highest BCUT2D eigenvalue weighted by Crippen LogP contribution is 2.26. The number of ether oxygens (including phenoxy) is 1. The number of halogens is 1. The zero-order chi connectivity index (χ0) is 13.9. The summed E-state index contributed by atoms with van der Waals surface area (Å²) in [6.45, 7) is 3.50. The summed E-state index contributed by atoms with van der Waals surface area (Å²) in [7, 11) is 2.11. The van der Waals surface area contributed by atoms with Crippen LogP contribution in [0.1, 0.15) is 18.4 Å². The fourth-order valence-corrected chi connectivity index (χ4v) is 2.68. The van der Waals surface area contributed by atoms with Gasteiger partial charge in [0.15, 0.2) is 0 Å². The second-order valence-corrected chi connectivity index (χ2v) is 5.39. The molecule has 0 radical (unpaired) electrons. The Morgan fingerprint density at radius 2 is 2.15 bits per heavy atom. The largest absolute Gasteiger partial charge is 0.489 e. The summed E-state index contributed by atoms with van der Waals surface area (Å²) < 4.78 is 20.1. The van der Waals surface area contributed by atoms with Crippen LogP contribution >= 0.6 is 0 Å². The van der Waals surface area contributed by atoms with Crippen LogP contribution in [0.15, 0.2) is 23.2 Å². The van der Waals surface area contributed by atoms with Gasteiger partial charge >= 0.3 is 0 Å². The highest BCUT2D eigenvalue weighted by atomic mass is 19.1. The Labute approximate surface area is 118 Å². The molecule has 2 aliphatic heterocycles. The molecule has 1 aromatic rings. The zero-order valence-corrected chi connectivity index (χ0v) is 11.7. The number of benzene rings is 1. The molecular weight excluding hydrogens is 257 g/mol. The van der Waals surface area contributed by atoms with E-state index in [1.165, 1.54) is 6.07 Å². The minimum absolute atomic E-state index is 0.161. The van der Waals surface area contributed by atoms with Crippen LogP contribution in [0, 0.1) is 5.82 Å². The SMILES string of the molecule is CN1CCC(Oc2cccc(F)c2C2=NCCN2)CC1. The topological polar surface area (TPSA) is 36.9 Å². The fraction of sp³-hybridized carbons (Fsp3) is 0.533. The first-order valence-corrected chi connectivity index (χ1v) is 7.16. The predicted octanol–water partition coefficient (Wildman–Crippen LogP) is 1.65. The number of likely N-dealkylation sites (tertiary alicyclic amines) is 1. The van der Waals surface area contributed by atoms with Gasteiger partial charge in [-0.1, -0.05) is 6.07 Å². The first kappa shape index (κ1) is 13.4. The molecule has 0 aromatic heterocycles. The van der Waals surface area contributed by atoms with E-state index >= 15 is 0 Å². The van der Waals surface area contributed by atoms with E-state index in [4.69, 9.17) is 4.74 Å². The van der Waals surface area contributed by atoms with Crippen LogP contribution < -0.4 is 10.1 Å². The van der Waals surface area contributed by atoms with Crippen molar-refractivity contribution in [2.24, 2.45) is 4.99 Å². The number of hydrogen-bond acceptors (Lipinski definition) is 4. The van der Waals surface area contributed by atoms with Gasteiger partial charge in [-0.15, -0.1) is 0 Å². The maximum absolute atomic E-state index is 14.1. The minimum atomic E-state index is -0.274. The van der Waals surface area contributed by atoms with Crippen molar-refractivity contribution in [2.45, 2.75) is 18.9 Å². The van der Waals surface area contributed by atoms with Gasteiger partial charge in [0.2, 0.25) is 0 Å². The van der Waals surface area contributed by atoms with E-state index in [2.05, 4.69) is 22.3 Å². The first-order valence-electron chi connectivity index (χ1n) is 7.16. The average molecular weight is 277 g/mol. The number of piperidine rings is 1. The summed E-state index contributed by atoms with van der Waals surface area (Å²) in [5, 5.41) is 3.12. The predicted molar refractivity (Wildman–Crippen MR) is 77.0 cm³/mol. The van der Waals surface area contributed by atoms with E-state index in [0.29, 0.717) is 23.7 Å². The van der Waals surface area contributed by atoms with E-state index in [9.17, 15) is 4.39 Å². The van der Waals surface area contributed by atoms with Crippen LogP contribution in [0.25, 0.3) is 0 Å². The minimum Gasteiger partial charge on any atom is -0.489 e. The van der Waals surface area contributed by atoms with Crippen LogP contribution in [0.2, 0.25) is 0 Å². The quantitative estimate of drug-likeness (QED) is 0.912. The maximum atomic E-state index is 14.1. The molecule has 1 aromatic carbocycles. The van der Waals surface area contributed by atoms with Crippen LogP contribution in [-0.2, 0) is 0 Å². The fourth-order valence-electron chi connectivity index (χ4n) is 2.68. The number of nitrogens with one attached hydrogen (secondary N) is 1. The molecule has 1 N–H and O–H groups in total. The van der Waals surface area contributed by atoms with Crippen molar-refractivity contribution in [2.75, 3.05) is 33.2 Å². The van der Waals surface area contributed by atoms with Crippen molar-refractivity contribution in [1.82, 2.24) is 10.2 Å². The van der Waals surface area contributed by atoms with E-state index in [0.717, 1.165) is 32.5 Å². The zero-order valence-electron chi connectivity index (χ0n) is 11.7. The molecule has 4 nitrogen and oxygen atoms in total. The van der Waals surface area contributed by atoms with Crippen molar-refractivity contribution < 1.29 is 9.13 Å². The summed E-state index contributed by atoms with van der Waals surface area (Å²) in [5.74, 6) is 0.947. The van der Waals surface area contributed by atoms with Crippen LogP contribution in [0.3, 0.4) is 0 Å². The smallest absolute Gasteiger partial charge is 0.137 e. The number of amidine groups is 1. The van der Waals surface area contributed by atoms with Gasteiger partial charge in [-0.25, -0.2) is 4.39 Å². The molecule has 108 valence electrons. The molecular formula is C15H20FN3O. The monoisotopic (exact) mass is 277 g/mol. The van der Waals surface area contributed by atoms with Crippen molar-refractivity contribution in [3.05, 3.63) is 29.6 Å². The second kappa shape index (κ2) is 5.79. The summed E-state index contributed by atoms with van der Waals surface area (Å²) >= 11 is 0. The lowest BCUT2D eigenvalue weighted by Gasteiger charge is -2.30. The van der Waals surface area contributed by atoms with Gasteiger partial charge in [0.05, 0.1) is 12.1 Å². The number of hydrogen-bond donors (Lipinski definition) is 1. The molecule has 0 aliphatic carbocycles. The van der Waals surface area contributed by atoms with Gasteiger partial charge in [0, 0.05) is 19.6 Å². The molecule has 2 heterocycles. The molecule has 0 amide bonds. The molecule has 1 fully saturated rings. The molecule has 0 spiro atoms. The van der Waals surface area contributed by atoms with E-state index in [1.807, 2.05) is 6.07 Å². The van der Waals surface area contributed by atoms with Gasteiger partial charge in [-0.3, -0.25) is 4.99 Å². The maximum Gasteiger partial charge on any atom is 0.137 e. The molecule has 2 aliphatic rings. The van der Waals surface area contributed by atoms with Crippen molar-refractivity contribution >= 4 is 5.84 Å². The number of nitrogens with zero attached hydrogens (tertiary/aromatic N) is 2. The Morgan fingerprint density at radius 3 is 2.85 bits per heavy atom. The second-order valence-electron chi connectivity index (χ2n) is 5.39. The Kier molecular flexibility index (Phi) is 3.87. The molecule has 0 unspecified atom stereocenters. The molecule has 0 bridgehead atoms. The summed E-state index contributed by atoms with van der Waals surface area (Å²) in [6.07, 6.45) is 2.12. The third kappa shape index (κ3) is 2.77. The lowest BCUT2D eigenvalue weighted by atomic mass is 10.1. The van der Waals surface area contributed by atoms with Gasteiger partial charge in [-0.2, -0.15) is 0 Å². The first-order chi connectivity index (χ1) is 9.74. The van der Waals surface area contributed by atoms with Crippen LogP contribution in [0.4, 0.5) is 4.39 Å². The summed E-state index contributed by atoms with van der Waals surface area (Å²) in [4.78, 5) is 6.60. The lowest BCUT2D eigenvalue weighted by molar-refractivity contribution is 0.114. The van der Waals surface area contributed by atoms with Crippen molar-refractivity contribution in [3.63, 3.8) is 0 Å². The lowest BCUT2D eigenvalue weighted by Crippen LogP contribution is -2.36. The average Bonchev–Trinajstić information content (AvgIpc) is 2.95. The molecule has 1 saturated heterocycles. The molecule has 0 atom stereocenters. The van der Waals surface area contributed by atoms with Crippen molar-refractivity contribution in [3.8, 4) is 5.75 Å². The third-order valence-electron chi connectivity index (χ3n) is 3.85. The van der Waals surface area contributed by atoms with Crippen molar-refractivity contribution in [1.29, 1.82) is 0 Å². The van der Waals surface area contributed by atoms with Gasteiger partial charge < -0.3 is 15.0 Å².